The summed E-state index contributed by atoms with van der Waals surface area (Å²) in [4.78, 5) is 10.1. The second-order valence-electron chi connectivity index (χ2n) is 4.04. The van der Waals surface area contributed by atoms with Crippen molar-refractivity contribution in [1.29, 1.82) is 0 Å². The molecule has 0 aromatic carbocycles. The van der Waals surface area contributed by atoms with Gasteiger partial charge < -0.3 is 5.73 Å². The van der Waals surface area contributed by atoms with Crippen molar-refractivity contribution in [1.82, 2.24) is 9.78 Å². The fourth-order valence-corrected chi connectivity index (χ4v) is 2.23. The van der Waals surface area contributed by atoms with Crippen molar-refractivity contribution in [2.24, 2.45) is 5.73 Å². The molecule has 1 aliphatic rings. The summed E-state index contributed by atoms with van der Waals surface area (Å²) < 4.78 is 1.68. The lowest BCUT2D eigenvalue weighted by atomic mass is 9.98. The molecular formula is C9H14N4O2. The molecule has 82 valence electrons. The zero-order valence-corrected chi connectivity index (χ0v) is 8.43. The molecule has 0 spiro atoms. The standard InChI is InChI=1S/C9H14N4O2/c10-7-9(3-1-2-4-9)12-6-8(5-11-12)13(14)15/h5-6H,1-4,7,10H2. The van der Waals surface area contributed by atoms with Gasteiger partial charge in [0.1, 0.15) is 12.4 Å². The highest BCUT2D eigenvalue weighted by Gasteiger charge is 2.35. The molecule has 1 aromatic rings. The van der Waals surface area contributed by atoms with Gasteiger partial charge in [0.15, 0.2) is 0 Å². The fourth-order valence-electron chi connectivity index (χ4n) is 2.23. The molecule has 0 bridgehead atoms. The number of nitro groups is 1. The van der Waals surface area contributed by atoms with E-state index in [2.05, 4.69) is 5.10 Å². The number of rotatable bonds is 3. The highest BCUT2D eigenvalue weighted by atomic mass is 16.6. The molecule has 1 heterocycles. The minimum atomic E-state index is -0.428. The number of nitrogens with zero attached hydrogens (tertiary/aromatic N) is 3. The second-order valence-corrected chi connectivity index (χ2v) is 4.04. The lowest BCUT2D eigenvalue weighted by Gasteiger charge is -2.27. The number of hydrogen-bond donors (Lipinski definition) is 1. The SMILES string of the molecule is NCC1(n2cc([N+](=O)[O-])cn2)CCCC1. The van der Waals surface area contributed by atoms with Crippen LogP contribution in [0.2, 0.25) is 0 Å². The van der Waals surface area contributed by atoms with Gasteiger partial charge in [-0.3, -0.25) is 14.8 Å². The second kappa shape index (κ2) is 3.62. The molecule has 0 atom stereocenters. The third-order valence-electron chi connectivity index (χ3n) is 3.18. The number of aromatic nitrogens is 2. The van der Waals surface area contributed by atoms with Gasteiger partial charge in [-0.05, 0) is 12.8 Å². The van der Waals surface area contributed by atoms with E-state index >= 15 is 0 Å². The molecule has 0 amide bonds. The topological polar surface area (TPSA) is 87.0 Å². The van der Waals surface area contributed by atoms with E-state index in [4.69, 9.17) is 5.73 Å². The van der Waals surface area contributed by atoms with Crippen LogP contribution >= 0.6 is 0 Å². The summed E-state index contributed by atoms with van der Waals surface area (Å²) in [6, 6.07) is 0. The van der Waals surface area contributed by atoms with E-state index in [1.54, 1.807) is 4.68 Å². The first kappa shape index (κ1) is 10.1. The largest absolute Gasteiger partial charge is 0.328 e. The van der Waals surface area contributed by atoms with Crippen LogP contribution in [0, 0.1) is 10.1 Å². The first-order valence-electron chi connectivity index (χ1n) is 5.08. The Morgan fingerprint density at radius 1 is 1.60 bits per heavy atom. The van der Waals surface area contributed by atoms with E-state index in [1.165, 1.54) is 12.4 Å². The Bertz CT molecular complexity index is 368. The molecule has 1 saturated carbocycles. The zero-order valence-electron chi connectivity index (χ0n) is 8.43. The molecule has 1 aromatic heterocycles. The van der Waals surface area contributed by atoms with Gasteiger partial charge >= 0.3 is 5.69 Å². The molecule has 0 saturated heterocycles. The maximum atomic E-state index is 10.5. The summed E-state index contributed by atoms with van der Waals surface area (Å²) in [7, 11) is 0. The Morgan fingerprint density at radius 3 is 2.73 bits per heavy atom. The normalized spacial score (nSPS) is 19.3. The third-order valence-corrected chi connectivity index (χ3v) is 3.18. The van der Waals surface area contributed by atoms with Crippen LogP contribution in [0.25, 0.3) is 0 Å². The van der Waals surface area contributed by atoms with Crippen molar-refractivity contribution in [3.05, 3.63) is 22.5 Å². The average Bonchev–Trinajstić information content (AvgIpc) is 2.87. The molecule has 6 nitrogen and oxygen atoms in total. The van der Waals surface area contributed by atoms with Crippen molar-refractivity contribution < 1.29 is 4.92 Å². The summed E-state index contributed by atoms with van der Waals surface area (Å²) in [6.07, 6.45) is 6.92. The molecule has 1 fully saturated rings. The van der Waals surface area contributed by atoms with Crippen LogP contribution in [-0.2, 0) is 5.54 Å². The first-order chi connectivity index (χ1) is 7.18. The van der Waals surface area contributed by atoms with Crippen LogP contribution in [0.4, 0.5) is 5.69 Å². The molecular weight excluding hydrogens is 196 g/mol. The van der Waals surface area contributed by atoms with E-state index in [0.717, 1.165) is 25.7 Å². The molecule has 1 aliphatic carbocycles. The van der Waals surface area contributed by atoms with Crippen molar-refractivity contribution in [2.45, 2.75) is 31.2 Å². The summed E-state index contributed by atoms with van der Waals surface area (Å²) >= 11 is 0. The summed E-state index contributed by atoms with van der Waals surface area (Å²) in [5.74, 6) is 0. The lowest BCUT2D eigenvalue weighted by molar-refractivity contribution is -0.385. The Labute approximate surface area is 87.2 Å². The maximum Gasteiger partial charge on any atom is 0.307 e. The molecule has 2 rings (SSSR count). The number of nitrogens with two attached hydrogens (primary N) is 1. The Kier molecular flexibility index (Phi) is 2.44. The van der Waals surface area contributed by atoms with Gasteiger partial charge in [-0.1, -0.05) is 12.8 Å². The lowest BCUT2D eigenvalue weighted by Crippen LogP contribution is -2.38. The Morgan fingerprint density at radius 2 is 2.27 bits per heavy atom. The van der Waals surface area contributed by atoms with Gasteiger partial charge in [0, 0.05) is 6.54 Å². The molecule has 6 heteroatoms. The van der Waals surface area contributed by atoms with Gasteiger partial charge in [0.2, 0.25) is 0 Å². The predicted octanol–water partition coefficient (Wildman–Crippen LogP) is 1.02. The first-order valence-corrected chi connectivity index (χ1v) is 5.08. The minimum absolute atomic E-state index is 0.0368. The number of hydrogen-bond acceptors (Lipinski definition) is 4. The van der Waals surface area contributed by atoms with Gasteiger partial charge in [-0.25, -0.2) is 0 Å². The van der Waals surface area contributed by atoms with Gasteiger partial charge in [-0.2, -0.15) is 5.10 Å². The molecule has 2 N–H and O–H groups in total. The average molecular weight is 210 g/mol. The summed E-state index contributed by atoms with van der Waals surface area (Å²) in [5.41, 5.74) is 5.61. The quantitative estimate of drug-likeness (QED) is 0.596. The van der Waals surface area contributed by atoms with E-state index in [1.807, 2.05) is 0 Å². The van der Waals surface area contributed by atoms with Gasteiger partial charge in [0.05, 0.1) is 10.5 Å². The predicted molar refractivity (Wildman–Crippen MR) is 54.4 cm³/mol. The van der Waals surface area contributed by atoms with Crippen LogP contribution in [-0.4, -0.2) is 21.2 Å². The van der Waals surface area contributed by atoms with Crippen LogP contribution < -0.4 is 5.73 Å². The summed E-state index contributed by atoms with van der Waals surface area (Å²) in [5, 5.41) is 14.6. The molecule has 0 aliphatic heterocycles. The minimum Gasteiger partial charge on any atom is -0.328 e. The van der Waals surface area contributed by atoms with Crippen LogP contribution in [0.15, 0.2) is 12.4 Å². The summed E-state index contributed by atoms with van der Waals surface area (Å²) in [6.45, 7) is 0.492. The highest BCUT2D eigenvalue weighted by Crippen LogP contribution is 2.35. The molecule has 0 radical (unpaired) electrons. The van der Waals surface area contributed by atoms with Crippen molar-refractivity contribution in [3.8, 4) is 0 Å². The fraction of sp³-hybridized carbons (Fsp3) is 0.667. The Balaban J connectivity index is 2.30. The molecule has 15 heavy (non-hydrogen) atoms. The van der Waals surface area contributed by atoms with Crippen LogP contribution in [0.3, 0.4) is 0 Å². The van der Waals surface area contributed by atoms with E-state index in [0.29, 0.717) is 6.54 Å². The smallest absolute Gasteiger partial charge is 0.307 e. The monoisotopic (exact) mass is 210 g/mol. The zero-order chi connectivity index (χ0) is 10.9. The van der Waals surface area contributed by atoms with E-state index in [9.17, 15) is 10.1 Å². The van der Waals surface area contributed by atoms with Gasteiger partial charge in [0.25, 0.3) is 0 Å². The molecule has 0 unspecified atom stereocenters. The van der Waals surface area contributed by atoms with Crippen LogP contribution in [0.5, 0.6) is 0 Å². The van der Waals surface area contributed by atoms with Crippen molar-refractivity contribution >= 4 is 5.69 Å². The Hall–Kier alpha value is -1.43. The van der Waals surface area contributed by atoms with Crippen molar-refractivity contribution in [3.63, 3.8) is 0 Å². The maximum absolute atomic E-state index is 10.5. The van der Waals surface area contributed by atoms with Crippen LogP contribution in [0.1, 0.15) is 25.7 Å². The van der Waals surface area contributed by atoms with Gasteiger partial charge in [-0.15, -0.1) is 0 Å². The van der Waals surface area contributed by atoms with E-state index < -0.39 is 4.92 Å². The highest BCUT2D eigenvalue weighted by molar-refractivity contribution is 5.22. The van der Waals surface area contributed by atoms with E-state index in [-0.39, 0.29) is 11.2 Å². The van der Waals surface area contributed by atoms with Crippen molar-refractivity contribution in [2.75, 3.05) is 6.54 Å². The third kappa shape index (κ3) is 1.61.